The molecule has 2 rings (SSSR count). The highest BCUT2D eigenvalue weighted by Gasteiger charge is 2.38. The van der Waals surface area contributed by atoms with Crippen LogP contribution in [0.4, 0.5) is 0 Å². The van der Waals surface area contributed by atoms with Crippen LogP contribution in [0.25, 0.3) is 0 Å². The van der Waals surface area contributed by atoms with Crippen molar-refractivity contribution in [2.45, 2.75) is 18.9 Å². The van der Waals surface area contributed by atoms with Gasteiger partial charge in [-0.1, -0.05) is 30.3 Å². The Balaban J connectivity index is 2.35. The predicted octanol–water partition coefficient (Wildman–Crippen LogP) is 1.34. The van der Waals surface area contributed by atoms with E-state index in [2.05, 4.69) is 5.32 Å². The molecule has 1 heterocycles. The summed E-state index contributed by atoms with van der Waals surface area (Å²) in [5.74, 6) is -0.0627. The van der Waals surface area contributed by atoms with Crippen molar-refractivity contribution in [3.63, 3.8) is 0 Å². The molecule has 0 radical (unpaired) electrons. The van der Waals surface area contributed by atoms with Gasteiger partial charge in [0, 0.05) is 20.5 Å². The van der Waals surface area contributed by atoms with Gasteiger partial charge in [0.1, 0.15) is 0 Å². The minimum absolute atomic E-state index is 0.00297. The zero-order valence-corrected chi connectivity index (χ0v) is 10.7. The molecule has 2 atom stereocenters. The molecule has 0 aromatic heterocycles. The lowest BCUT2D eigenvalue weighted by Crippen LogP contribution is -2.45. The van der Waals surface area contributed by atoms with Gasteiger partial charge in [0.05, 0.1) is 12.0 Å². The standard InChI is InChI=1S/C14H18N2O2/c1-15-14(18)11-8-9-12(17)16(2)13(11)10-6-4-3-5-7-10/h3-7,11,13H,8-9H2,1-2H3,(H,15,18)/t11-,13-/m1/s1. The Kier molecular flexibility index (Phi) is 3.65. The molecule has 1 aliphatic heterocycles. The van der Waals surface area contributed by atoms with Crippen molar-refractivity contribution >= 4 is 11.8 Å². The van der Waals surface area contributed by atoms with E-state index in [-0.39, 0.29) is 23.8 Å². The van der Waals surface area contributed by atoms with Gasteiger partial charge in [0.25, 0.3) is 0 Å². The van der Waals surface area contributed by atoms with Gasteiger partial charge in [0.15, 0.2) is 0 Å². The Morgan fingerprint density at radius 2 is 2.00 bits per heavy atom. The zero-order valence-electron chi connectivity index (χ0n) is 10.7. The topological polar surface area (TPSA) is 49.4 Å². The number of rotatable bonds is 2. The zero-order chi connectivity index (χ0) is 13.1. The smallest absolute Gasteiger partial charge is 0.225 e. The van der Waals surface area contributed by atoms with Gasteiger partial charge in [-0.25, -0.2) is 0 Å². The Morgan fingerprint density at radius 3 is 2.61 bits per heavy atom. The summed E-state index contributed by atoms with van der Waals surface area (Å²) >= 11 is 0. The molecule has 18 heavy (non-hydrogen) atoms. The monoisotopic (exact) mass is 246 g/mol. The van der Waals surface area contributed by atoms with E-state index in [4.69, 9.17) is 0 Å². The van der Waals surface area contributed by atoms with Gasteiger partial charge in [-0.15, -0.1) is 0 Å². The van der Waals surface area contributed by atoms with Gasteiger partial charge in [-0.2, -0.15) is 0 Å². The molecule has 0 bridgehead atoms. The largest absolute Gasteiger partial charge is 0.359 e. The van der Waals surface area contributed by atoms with Gasteiger partial charge in [-0.3, -0.25) is 9.59 Å². The van der Waals surface area contributed by atoms with Crippen molar-refractivity contribution in [1.82, 2.24) is 10.2 Å². The van der Waals surface area contributed by atoms with E-state index in [0.717, 1.165) is 5.56 Å². The molecular weight excluding hydrogens is 228 g/mol. The number of carbonyl (C=O) groups is 2. The van der Waals surface area contributed by atoms with Gasteiger partial charge >= 0.3 is 0 Å². The summed E-state index contributed by atoms with van der Waals surface area (Å²) in [6, 6.07) is 9.58. The first-order valence-electron chi connectivity index (χ1n) is 6.17. The summed E-state index contributed by atoms with van der Waals surface area (Å²) in [5.41, 5.74) is 1.02. The average molecular weight is 246 g/mol. The average Bonchev–Trinajstić information content (AvgIpc) is 2.41. The molecule has 1 fully saturated rings. The lowest BCUT2D eigenvalue weighted by molar-refractivity contribution is -0.141. The van der Waals surface area contributed by atoms with E-state index < -0.39 is 0 Å². The van der Waals surface area contributed by atoms with Crippen LogP contribution >= 0.6 is 0 Å². The number of benzene rings is 1. The first-order valence-corrected chi connectivity index (χ1v) is 6.17. The summed E-state index contributed by atoms with van der Waals surface area (Å²) in [5, 5.41) is 2.69. The predicted molar refractivity (Wildman–Crippen MR) is 68.7 cm³/mol. The first-order chi connectivity index (χ1) is 8.65. The lowest BCUT2D eigenvalue weighted by Gasteiger charge is -2.38. The molecule has 96 valence electrons. The van der Waals surface area contributed by atoms with E-state index in [1.165, 1.54) is 0 Å². The number of nitrogens with zero attached hydrogens (tertiary/aromatic N) is 1. The molecule has 1 aromatic carbocycles. The van der Waals surface area contributed by atoms with E-state index in [0.29, 0.717) is 12.8 Å². The normalized spacial score (nSPS) is 23.9. The summed E-state index contributed by atoms with van der Waals surface area (Å²) in [6.07, 6.45) is 1.06. The van der Waals surface area contributed by atoms with Gasteiger partial charge < -0.3 is 10.2 Å². The van der Waals surface area contributed by atoms with Crippen LogP contribution in [-0.4, -0.2) is 30.8 Å². The summed E-state index contributed by atoms with van der Waals surface area (Å²) in [6.45, 7) is 0. The van der Waals surface area contributed by atoms with Crippen LogP contribution in [0, 0.1) is 5.92 Å². The second-order valence-corrected chi connectivity index (χ2v) is 4.62. The Morgan fingerprint density at radius 1 is 1.33 bits per heavy atom. The molecule has 1 aromatic rings. The molecule has 1 aliphatic rings. The van der Waals surface area contributed by atoms with E-state index in [1.54, 1.807) is 19.0 Å². The van der Waals surface area contributed by atoms with Crippen LogP contribution < -0.4 is 5.32 Å². The number of carbonyl (C=O) groups excluding carboxylic acids is 2. The number of hydrogen-bond acceptors (Lipinski definition) is 2. The van der Waals surface area contributed by atoms with Crippen LogP contribution in [0.15, 0.2) is 30.3 Å². The van der Waals surface area contributed by atoms with Crippen LogP contribution in [0.3, 0.4) is 0 Å². The third kappa shape index (κ3) is 2.23. The van der Waals surface area contributed by atoms with Crippen molar-refractivity contribution < 1.29 is 9.59 Å². The molecular formula is C14H18N2O2. The van der Waals surface area contributed by atoms with Crippen molar-refractivity contribution in [3.05, 3.63) is 35.9 Å². The fourth-order valence-corrected chi connectivity index (χ4v) is 2.60. The first kappa shape index (κ1) is 12.6. The molecule has 0 saturated carbocycles. The highest BCUT2D eigenvalue weighted by atomic mass is 16.2. The SMILES string of the molecule is CNC(=O)[C@@H]1CCC(=O)N(C)[C@@H]1c1ccccc1. The van der Waals surface area contributed by atoms with Crippen LogP contribution in [-0.2, 0) is 9.59 Å². The van der Waals surface area contributed by atoms with Crippen LogP contribution in [0.5, 0.6) is 0 Å². The maximum Gasteiger partial charge on any atom is 0.225 e. The maximum atomic E-state index is 12.0. The van der Waals surface area contributed by atoms with Crippen molar-refractivity contribution in [3.8, 4) is 0 Å². The number of likely N-dealkylation sites (tertiary alicyclic amines) is 1. The number of hydrogen-bond donors (Lipinski definition) is 1. The molecule has 0 spiro atoms. The minimum Gasteiger partial charge on any atom is -0.359 e. The molecule has 1 N–H and O–H groups in total. The Hall–Kier alpha value is -1.84. The van der Waals surface area contributed by atoms with Crippen LogP contribution in [0.2, 0.25) is 0 Å². The van der Waals surface area contributed by atoms with E-state index >= 15 is 0 Å². The number of piperidine rings is 1. The van der Waals surface area contributed by atoms with Crippen molar-refractivity contribution in [2.24, 2.45) is 5.92 Å². The molecule has 0 unspecified atom stereocenters. The minimum atomic E-state index is -0.167. The fraction of sp³-hybridized carbons (Fsp3) is 0.429. The molecule has 4 heteroatoms. The summed E-state index contributed by atoms with van der Waals surface area (Å²) in [7, 11) is 3.41. The summed E-state index contributed by atoms with van der Waals surface area (Å²) < 4.78 is 0. The number of amides is 2. The van der Waals surface area contributed by atoms with Crippen molar-refractivity contribution in [2.75, 3.05) is 14.1 Å². The van der Waals surface area contributed by atoms with Crippen molar-refractivity contribution in [1.29, 1.82) is 0 Å². The highest BCUT2D eigenvalue weighted by molar-refractivity contribution is 5.84. The quantitative estimate of drug-likeness (QED) is 0.856. The molecule has 1 saturated heterocycles. The second-order valence-electron chi connectivity index (χ2n) is 4.62. The van der Waals surface area contributed by atoms with E-state index in [1.807, 2.05) is 30.3 Å². The molecule has 4 nitrogen and oxygen atoms in total. The molecule has 0 aliphatic carbocycles. The Bertz CT molecular complexity index is 444. The van der Waals surface area contributed by atoms with Gasteiger partial charge in [0.2, 0.25) is 11.8 Å². The fourth-order valence-electron chi connectivity index (χ4n) is 2.60. The van der Waals surface area contributed by atoms with Crippen LogP contribution in [0.1, 0.15) is 24.4 Å². The third-order valence-electron chi connectivity index (χ3n) is 3.59. The number of nitrogens with one attached hydrogen (secondary N) is 1. The third-order valence-corrected chi connectivity index (χ3v) is 3.59. The Labute approximate surface area is 107 Å². The molecule has 2 amide bonds. The second kappa shape index (κ2) is 5.21. The highest BCUT2D eigenvalue weighted by Crippen LogP contribution is 2.35. The summed E-state index contributed by atoms with van der Waals surface area (Å²) in [4.78, 5) is 25.5. The maximum absolute atomic E-state index is 12.0. The lowest BCUT2D eigenvalue weighted by atomic mass is 9.84. The van der Waals surface area contributed by atoms with Gasteiger partial charge in [-0.05, 0) is 12.0 Å². The van der Waals surface area contributed by atoms with E-state index in [9.17, 15) is 9.59 Å².